The first-order valence-corrected chi connectivity index (χ1v) is 7.70. The molecule has 0 aromatic heterocycles. The van der Waals surface area contributed by atoms with Crippen molar-refractivity contribution in [3.05, 3.63) is 71.3 Å². The smallest absolute Gasteiger partial charge is 0.254 e. The van der Waals surface area contributed by atoms with E-state index in [4.69, 9.17) is 4.74 Å². The molecule has 0 N–H and O–H groups in total. The van der Waals surface area contributed by atoms with E-state index in [1.807, 2.05) is 61.2 Å². The van der Waals surface area contributed by atoms with Gasteiger partial charge in [-0.3, -0.25) is 4.79 Å². The van der Waals surface area contributed by atoms with Gasteiger partial charge in [0.1, 0.15) is 6.10 Å². The van der Waals surface area contributed by atoms with Crippen LogP contribution in [0, 0.1) is 6.92 Å². The number of hydrogen-bond acceptors (Lipinski definition) is 2. The van der Waals surface area contributed by atoms with E-state index in [2.05, 4.69) is 12.1 Å². The number of amides is 1. The summed E-state index contributed by atoms with van der Waals surface area (Å²) in [5.74, 6) is 0.0918. The minimum absolute atomic E-state index is 0.0342. The van der Waals surface area contributed by atoms with E-state index in [1.54, 1.807) is 0 Å². The van der Waals surface area contributed by atoms with Crippen molar-refractivity contribution in [2.75, 3.05) is 13.1 Å². The van der Waals surface area contributed by atoms with Crippen molar-refractivity contribution >= 4 is 5.91 Å². The average Bonchev–Trinajstić information content (AvgIpc) is 2.55. The van der Waals surface area contributed by atoms with Gasteiger partial charge in [-0.25, -0.2) is 0 Å². The Labute approximate surface area is 131 Å². The van der Waals surface area contributed by atoms with Gasteiger partial charge in [-0.15, -0.1) is 0 Å². The summed E-state index contributed by atoms with van der Waals surface area (Å²) in [5.41, 5.74) is 2.92. The van der Waals surface area contributed by atoms with E-state index < -0.39 is 0 Å². The monoisotopic (exact) mass is 295 g/mol. The maximum Gasteiger partial charge on any atom is 0.254 e. The molecule has 1 fully saturated rings. The summed E-state index contributed by atoms with van der Waals surface area (Å²) >= 11 is 0. The third kappa shape index (κ3) is 3.04. The molecular formula is C19H21NO2. The third-order valence-electron chi connectivity index (χ3n) is 4.09. The fourth-order valence-corrected chi connectivity index (χ4v) is 2.95. The van der Waals surface area contributed by atoms with Crippen molar-refractivity contribution < 1.29 is 9.53 Å². The molecule has 3 rings (SSSR count). The van der Waals surface area contributed by atoms with Gasteiger partial charge in [0.05, 0.1) is 12.6 Å². The van der Waals surface area contributed by atoms with Gasteiger partial charge in [0.2, 0.25) is 0 Å². The Morgan fingerprint density at radius 2 is 1.73 bits per heavy atom. The van der Waals surface area contributed by atoms with Gasteiger partial charge in [-0.05, 0) is 31.0 Å². The van der Waals surface area contributed by atoms with Crippen LogP contribution in [0.25, 0.3) is 0 Å². The molecule has 0 bridgehead atoms. The number of nitrogens with zero attached hydrogens (tertiary/aromatic N) is 1. The molecule has 2 aromatic carbocycles. The molecule has 22 heavy (non-hydrogen) atoms. The fourth-order valence-electron chi connectivity index (χ4n) is 2.95. The van der Waals surface area contributed by atoms with Crippen LogP contribution in [0.4, 0.5) is 0 Å². The lowest BCUT2D eigenvalue weighted by Gasteiger charge is -2.37. The van der Waals surface area contributed by atoms with Crippen molar-refractivity contribution in [3.63, 3.8) is 0 Å². The molecule has 1 heterocycles. The molecule has 1 aliphatic rings. The number of benzene rings is 2. The topological polar surface area (TPSA) is 29.5 Å². The van der Waals surface area contributed by atoms with Crippen LogP contribution in [0.2, 0.25) is 0 Å². The molecule has 2 aromatic rings. The number of morpholine rings is 1. The first-order valence-electron chi connectivity index (χ1n) is 7.70. The predicted molar refractivity (Wildman–Crippen MR) is 86.8 cm³/mol. The maximum atomic E-state index is 12.8. The van der Waals surface area contributed by atoms with E-state index in [0.717, 1.165) is 16.7 Å². The lowest BCUT2D eigenvalue weighted by atomic mass is 10.0. The zero-order valence-corrected chi connectivity index (χ0v) is 13.0. The molecule has 1 saturated heterocycles. The Morgan fingerprint density at radius 1 is 1.05 bits per heavy atom. The Bertz CT molecular complexity index is 653. The standard InChI is InChI=1S/C19H21NO2/c1-14-8-6-7-11-17(14)19(21)20-12-15(2)22-18(13-20)16-9-4-3-5-10-16/h3-11,15,18H,12-13H2,1-2H3. The van der Waals surface area contributed by atoms with Crippen LogP contribution in [0.3, 0.4) is 0 Å². The summed E-state index contributed by atoms with van der Waals surface area (Å²) in [5, 5.41) is 0. The molecule has 1 amide bonds. The summed E-state index contributed by atoms with van der Waals surface area (Å²) < 4.78 is 6.02. The average molecular weight is 295 g/mol. The second kappa shape index (κ2) is 6.32. The molecule has 0 spiro atoms. The Morgan fingerprint density at radius 3 is 2.45 bits per heavy atom. The summed E-state index contributed by atoms with van der Waals surface area (Å²) in [6.07, 6.45) is -0.0233. The number of carbonyl (C=O) groups excluding carboxylic acids is 1. The molecule has 0 saturated carbocycles. The van der Waals surface area contributed by atoms with Crippen molar-refractivity contribution in [2.24, 2.45) is 0 Å². The summed E-state index contributed by atoms with van der Waals surface area (Å²) in [6.45, 7) is 5.23. The van der Waals surface area contributed by atoms with Gasteiger partial charge < -0.3 is 9.64 Å². The zero-order chi connectivity index (χ0) is 15.5. The SMILES string of the molecule is Cc1ccccc1C(=O)N1CC(C)OC(c2ccccc2)C1. The second-order valence-corrected chi connectivity index (χ2v) is 5.87. The van der Waals surface area contributed by atoms with Crippen molar-refractivity contribution in [1.29, 1.82) is 0 Å². The maximum absolute atomic E-state index is 12.8. The van der Waals surface area contributed by atoms with Crippen LogP contribution in [-0.2, 0) is 4.74 Å². The highest BCUT2D eigenvalue weighted by Crippen LogP contribution is 2.26. The van der Waals surface area contributed by atoms with Crippen LogP contribution in [0.5, 0.6) is 0 Å². The van der Waals surface area contributed by atoms with Crippen LogP contribution < -0.4 is 0 Å². The van der Waals surface area contributed by atoms with E-state index in [0.29, 0.717) is 13.1 Å². The van der Waals surface area contributed by atoms with Gasteiger partial charge in [-0.2, -0.15) is 0 Å². The molecule has 2 unspecified atom stereocenters. The highest BCUT2D eigenvalue weighted by molar-refractivity contribution is 5.95. The van der Waals surface area contributed by atoms with Crippen LogP contribution in [0.15, 0.2) is 54.6 Å². The molecule has 0 aliphatic carbocycles. The van der Waals surface area contributed by atoms with Gasteiger partial charge >= 0.3 is 0 Å². The minimum atomic E-state index is -0.0575. The van der Waals surface area contributed by atoms with Gasteiger partial charge in [0.25, 0.3) is 5.91 Å². The highest BCUT2D eigenvalue weighted by Gasteiger charge is 2.30. The van der Waals surface area contributed by atoms with Gasteiger partial charge in [-0.1, -0.05) is 48.5 Å². The van der Waals surface area contributed by atoms with Crippen molar-refractivity contribution in [1.82, 2.24) is 4.90 Å². The van der Waals surface area contributed by atoms with Crippen LogP contribution in [-0.4, -0.2) is 30.0 Å². The lowest BCUT2D eigenvalue weighted by Crippen LogP contribution is -2.46. The van der Waals surface area contributed by atoms with E-state index in [1.165, 1.54) is 0 Å². The zero-order valence-electron chi connectivity index (χ0n) is 13.0. The van der Waals surface area contributed by atoms with E-state index >= 15 is 0 Å². The summed E-state index contributed by atoms with van der Waals surface area (Å²) in [4.78, 5) is 14.7. The molecule has 3 heteroatoms. The molecule has 0 radical (unpaired) electrons. The Hall–Kier alpha value is -2.13. The molecule has 114 valence electrons. The van der Waals surface area contributed by atoms with E-state index in [-0.39, 0.29) is 18.1 Å². The van der Waals surface area contributed by atoms with E-state index in [9.17, 15) is 4.79 Å². The number of hydrogen-bond donors (Lipinski definition) is 0. The first-order chi connectivity index (χ1) is 10.6. The van der Waals surface area contributed by atoms with Gasteiger partial charge in [0.15, 0.2) is 0 Å². The summed E-state index contributed by atoms with van der Waals surface area (Å²) in [6, 6.07) is 17.9. The largest absolute Gasteiger partial charge is 0.367 e. The normalized spacial score (nSPS) is 21.6. The minimum Gasteiger partial charge on any atom is -0.367 e. The van der Waals surface area contributed by atoms with Crippen molar-refractivity contribution in [3.8, 4) is 0 Å². The number of ether oxygens (including phenoxy) is 1. The first kappa shape index (κ1) is 14.8. The van der Waals surface area contributed by atoms with Crippen LogP contribution in [0.1, 0.15) is 34.5 Å². The molecular weight excluding hydrogens is 274 g/mol. The highest BCUT2D eigenvalue weighted by atomic mass is 16.5. The number of rotatable bonds is 2. The molecule has 3 nitrogen and oxygen atoms in total. The molecule has 2 atom stereocenters. The van der Waals surface area contributed by atoms with Gasteiger partial charge in [0, 0.05) is 12.1 Å². The second-order valence-electron chi connectivity index (χ2n) is 5.87. The fraction of sp³-hybridized carbons (Fsp3) is 0.316. The number of carbonyl (C=O) groups is 1. The lowest BCUT2D eigenvalue weighted by molar-refractivity contribution is -0.0691. The number of aryl methyl sites for hydroxylation is 1. The predicted octanol–water partition coefficient (Wildman–Crippen LogP) is 3.60. The Kier molecular flexibility index (Phi) is 4.25. The quantitative estimate of drug-likeness (QED) is 0.847. The Balaban J connectivity index is 1.82. The molecule has 1 aliphatic heterocycles. The van der Waals surface area contributed by atoms with Crippen molar-refractivity contribution in [2.45, 2.75) is 26.1 Å². The third-order valence-corrected chi connectivity index (χ3v) is 4.09. The summed E-state index contributed by atoms with van der Waals surface area (Å²) in [7, 11) is 0. The van der Waals surface area contributed by atoms with Crippen LogP contribution >= 0.6 is 0 Å².